The maximum absolute atomic E-state index is 10.1. The Bertz CT molecular complexity index is 628. The summed E-state index contributed by atoms with van der Waals surface area (Å²) in [5.41, 5.74) is 6.47. The van der Waals surface area contributed by atoms with Crippen molar-refractivity contribution in [3.8, 4) is 5.75 Å². The van der Waals surface area contributed by atoms with Gasteiger partial charge in [0.25, 0.3) is 0 Å². The van der Waals surface area contributed by atoms with E-state index < -0.39 is 0 Å². The molecule has 0 bridgehead atoms. The molecule has 118 valence electrons. The minimum absolute atomic E-state index is 0.0333. The fourth-order valence-corrected chi connectivity index (χ4v) is 3.05. The first-order valence-electron chi connectivity index (χ1n) is 7.87. The van der Waals surface area contributed by atoms with Crippen molar-refractivity contribution in [1.82, 2.24) is 0 Å². The van der Waals surface area contributed by atoms with Crippen LogP contribution < -0.4 is 0 Å². The normalized spacial score (nSPS) is 12.7. The molecular formula is C20H26O2. The van der Waals surface area contributed by atoms with Gasteiger partial charge < -0.3 is 10.2 Å². The zero-order chi connectivity index (χ0) is 16.4. The third kappa shape index (κ3) is 3.02. The van der Waals surface area contributed by atoms with Gasteiger partial charge in [-0.1, -0.05) is 38.1 Å². The first kappa shape index (κ1) is 16.6. The van der Waals surface area contributed by atoms with Crippen molar-refractivity contribution < 1.29 is 10.2 Å². The maximum atomic E-state index is 10.1. The number of phenolic OH excluding ortho intramolecular Hbond substituents is 1. The maximum Gasteiger partial charge on any atom is 0.119 e. The number of aliphatic hydroxyl groups is 1. The summed E-state index contributed by atoms with van der Waals surface area (Å²) in [6, 6.07) is 10.2. The third-order valence-corrected chi connectivity index (χ3v) is 4.67. The van der Waals surface area contributed by atoms with Gasteiger partial charge in [0.1, 0.15) is 5.75 Å². The van der Waals surface area contributed by atoms with E-state index in [1.165, 1.54) is 5.56 Å². The highest BCUT2D eigenvalue weighted by Gasteiger charge is 2.21. The van der Waals surface area contributed by atoms with Gasteiger partial charge >= 0.3 is 0 Å². The van der Waals surface area contributed by atoms with E-state index in [2.05, 4.69) is 45.0 Å². The second kappa shape index (κ2) is 6.53. The Labute approximate surface area is 133 Å². The molecule has 2 N–H and O–H groups in total. The van der Waals surface area contributed by atoms with Gasteiger partial charge in [-0.15, -0.1) is 0 Å². The van der Waals surface area contributed by atoms with E-state index >= 15 is 0 Å². The van der Waals surface area contributed by atoms with Crippen LogP contribution in [0.2, 0.25) is 0 Å². The molecule has 0 saturated carbocycles. The van der Waals surface area contributed by atoms with Gasteiger partial charge in [-0.05, 0) is 66.1 Å². The van der Waals surface area contributed by atoms with Crippen LogP contribution in [0, 0.1) is 20.8 Å². The van der Waals surface area contributed by atoms with Gasteiger partial charge in [-0.3, -0.25) is 0 Å². The summed E-state index contributed by atoms with van der Waals surface area (Å²) >= 11 is 0. The number of hydrogen-bond acceptors (Lipinski definition) is 2. The molecule has 2 aromatic rings. The minimum Gasteiger partial charge on any atom is -0.508 e. The molecule has 2 heteroatoms. The van der Waals surface area contributed by atoms with Crippen LogP contribution >= 0.6 is 0 Å². The molecule has 0 radical (unpaired) electrons. The van der Waals surface area contributed by atoms with Crippen molar-refractivity contribution in [2.75, 3.05) is 6.61 Å². The summed E-state index contributed by atoms with van der Waals surface area (Å²) in [5, 5.41) is 20.1. The monoisotopic (exact) mass is 298 g/mol. The lowest BCUT2D eigenvalue weighted by molar-refractivity contribution is 0.279. The average Bonchev–Trinajstić information content (AvgIpc) is 2.49. The van der Waals surface area contributed by atoms with Crippen molar-refractivity contribution in [3.63, 3.8) is 0 Å². The summed E-state index contributed by atoms with van der Waals surface area (Å²) in [5.74, 6) is 0.690. The summed E-state index contributed by atoms with van der Waals surface area (Å²) < 4.78 is 0. The summed E-state index contributed by atoms with van der Waals surface area (Å²) in [7, 11) is 0. The molecule has 0 aliphatic carbocycles. The second-order valence-electron chi connectivity index (χ2n) is 6.43. The largest absolute Gasteiger partial charge is 0.508 e. The number of aliphatic hydroxyl groups excluding tert-OH is 1. The smallest absolute Gasteiger partial charge is 0.119 e. The van der Waals surface area contributed by atoms with Gasteiger partial charge in [0, 0.05) is 5.92 Å². The number of benzene rings is 2. The fraction of sp³-hybridized carbons (Fsp3) is 0.400. The van der Waals surface area contributed by atoms with Crippen LogP contribution in [0.15, 0.2) is 30.3 Å². The van der Waals surface area contributed by atoms with Crippen molar-refractivity contribution in [3.05, 3.63) is 63.7 Å². The van der Waals surface area contributed by atoms with Crippen molar-refractivity contribution in [1.29, 1.82) is 0 Å². The third-order valence-electron chi connectivity index (χ3n) is 4.67. The highest BCUT2D eigenvalue weighted by atomic mass is 16.3. The highest BCUT2D eigenvalue weighted by Crippen LogP contribution is 2.35. The van der Waals surface area contributed by atoms with Gasteiger partial charge in [-0.25, -0.2) is 0 Å². The SMILES string of the molecule is Cc1cc(O)c(C)c(C(CO)c2ccc(C(C)C)cc2)c1C. The minimum atomic E-state index is -0.105. The van der Waals surface area contributed by atoms with Crippen molar-refractivity contribution >= 4 is 0 Å². The van der Waals surface area contributed by atoms with Crippen molar-refractivity contribution in [2.45, 2.75) is 46.5 Å². The molecule has 0 amide bonds. The molecule has 0 aliphatic rings. The van der Waals surface area contributed by atoms with E-state index in [-0.39, 0.29) is 12.5 Å². The molecule has 2 rings (SSSR count). The van der Waals surface area contributed by atoms with Crippen molar-refractivity contribution in [2.24, 2.45) is 0 Å². The lowest BCUT2D eigenvalue weighted by Gasteiger charge is -2.23. The molecular weight excluding hydrogens is 272 g/mol. The Balaban J connectivity index is 2.53. The topological polar surface area (TPSA) is 40.5 Å². The molecule has 0 aromatic heterocycles. The highest BCUT2D eigenvalue weighted by molar-refractivity contribution is 5.52. The molecule has 22 heavy (non-hydrogen) atoms. The number of hydrogen-bond donors (Lipinski definition) is 2. The molecule has 2 nitrogen and oxygen atoms in total. The van der Waals surface area contributed by atoms with E-state index in [4.69, 9.17) is 0 Å². The molecule has 0 aliphatic heterocycles. The molecule has 1 unspecified atom stereocenters. The van der Waals surface area contributed by atoms with Gasteiger partial charge in [-0.2, -0.15) is 0 Å². The molecule has 0 spiro atoms. The van der Waals surface area contributed by atoms with E-state index in [9.17, 15) is 10.2 Å². The summed E-state index contributed by atoms with van der Waals surface area (Å²) in [6.45, 7) is 10.3. The number of rotatable bonds is 4. The van der Waals surface area contributed by atoms with Crippen LogP contribution in [0.3, 0.4) is 0 Å². The molecule has 0 fully saturated rings. The van der Waals surface area contributed by atoms with Crippen LogP contribution in [0.5, 0.6) is 5.75 Å². The first-order valence-corrected chi connectivity index (χ1v) is 7.87. The van der Waals surface area contributed by atoms with Crippen LogP contribution in [-0.4, -0.2) is 16.8 Å². The Morgan fingerprint density at radius 3 is 1.95 bits per heavy atom. The van der Waals surface area contributed by atoms with Gasteiger partial charge in [0.05, 0.1) is 6.61 Å². The van der Waals surface area contributed by atoms with Gasteiger partial charge in [0.15, 0.2) is 0 Å². The number of aryl methyl sites for hydroxylation is 1. The molecule has 1 atom stereocenters. The average molecular weight is 298 g/mol. The molecule has 2 aromatic carbocycles. The van der Waals surface area contributed by atoms with Crippen LogP contribution in [0.1, 0.15) is 59.1 Å². The Morgan fingerprint density at radius 2 is 1.45 bits per heavy atom. The summed E-state index contributed by atoms with van der Waals surface area (Å²) in [4.78, 5) is 0. The number of aromatic hydroxyl groups is 1. The summed E-state index contributed by atoms with van der Waals surface area (Å²) in [6.07, 6.45) is 0. The lowest BCUT2D eigenvalue weighted by Crippen LogP contribution is -2.11. The number of phenols is 1. The Hall–Kier alpha value is -1.80. The predicted molar refractivity (Wildman–Crippen MR) is 91.8 cm³/mol. The van der Waals surface area contributed by atoms with Crippen LogP contribution in [-0.2, 0) is 0 Å². The van der Waals surface area contributed by atoms with Gasteiger partial charge in [0.2, 0.25) is 0 Å². The zero-order valence-corrected chi connectivity index (χ0v) is 14.1. The quantitative estimate of drug-likeness (QED) is 0.868. The Kier molecular flexibility index (Phi) is 4.92. The lowest BCUT2D eigenvalue weighted by atomic mass is 9.83. The fourth-order valence-electron chi connectivity index (χ4n) is 3.05. The van der Waals surface area contributed by atoms with E-state index in [1.807, 2.05) is 13.8 Å². The van der Waals surface area contributed by atoms with E-state index in [0.717, 1.165) is 27.8 Å². The molecule has 0 heterocycles. The van der Waals surface area contributed by atoms with Crippen LogP contribution in [0.25, 0.3) is 0 Å². The standard InChI is InChI=1S/C20H26O2/c1-12(2)16-6-8-17(9-7-16)18(11-21)20-14(4)13(3)10-19(22)15(20)5/h6-10,12,18,21-22H,11H2,1-5H3. The second-order valence-corrected chi connectivity index (χ2v) is 6.43. The van der Waals surface area contributed by atoms with E-state index in [1.54, 1.807) is 6.07 Å². The zero-order valence-electron chi connectivity index (χ0n) is 14.1. The first-order chi connectivity index (χ1) is 10.4. The van der Waals surface area contributed by atoms with Crippen LogP contribution in [0.4, 0.5) is 0 Å². The van der Waals surface area contributed by atoms with E-state index in [0.29, 0.717) is 11.7 Å². The Morgan fingerprint density at radius 1 is 0.909 bits per heavy atom. The predicted octanol–water partition coefficient (Wildman–Crippen LogP) is 4.57. The molecule has 0 saturated heterocycles.